The maximum absolute atomic E-state index is 13.7. The number of benzene rings is 1. The van der Waals surface area contributed by atoms with Gasteiger partial charge in [0.15, 0.2) is 0 Å². The van der Waals surface area contributed by atoms with Crippen molar-refractivity contribution in [3.8, 4) is 0 Å². The average Bonchev–Trinajstić information content (AvgIpc) is 3.47. The minimum atomic E-state index is -0.975. The number of aliphatic hydroxyl groups excluding tert-OH is 1. The molecule has 1 aromatic carbocycles. The molecule has 2 aliphatic heterocycles. The summed E-state index contributed by atoms with van der Waals surface area (Å²) in [4.78, 5) is 42.2. The van der Waals surface area contributed by atoms with Gasteiger partial charge in [-0.15, -0.1) is 0 Å². The van der Waals surface area contributed by atoms with Crippen molar-refractivity contribution in [3.05, 3.63) is 52.1 Å². The topological polar surface area (TPSA) is 115 Å². The van der Waals surface area contributed by atoms with Crippen LogP contribution in [0.5, 0.6) is 0 Å². The van der Waals surface area contributed by atoms with E-state index in [1.165, 1.54) is 18.2 Å². The molecule has 1 unspecified atom stereocenters. The first-order valence-corrected chi connectivity index (χ1v) is 11.0. The molecule has 0 spiro atoms. The second-order valence-corrected chi connectivity index (χ2v) is 8.52. The molecule has 3 amide bonds. The van der Waals surface area contributed by atoms with Crippen LogP contribution < -0.4 is 10.6 Å². The smallest absolute Gasteiger partial charge is 0.256 e. The summed E-state index contributed by atoms with van der Waals surface area (Å²) in [5.74, 6) is -1.29. The van der Waals surface area contributed by atoms with E-state index in [0.29, 0.717) is 52.4 Å². The van der Waals surface area contributed by atoms with E-state index in [0.717, 1.165) is 12.8 Å². The molecular weight excluding hydrogens is 427 g/mol. The summed E-state index contributed by atoms with van der Waals surface area (Å²) >= 11 is 0. The zero-order valence-corrected chi connectivity index (χ0v) is 18.6. The summed E-state index contributed by atoms with van der Waals surface area (Å²) in [6.45, 7) is 4.87. The molecule has 1 fully saturated rings. The highest BCUT2D eigenvalue weighted by Crippen LogP contribution is 2.34. The van der Waals surface area contributed by atoms with Gasteiger partial charge in [0.1, 0.15) is 5.82 Å². The van der Waals surface area contributed by atoms with Gasteiger partial charge in [-0.2, -0.15) is 0 Å². The Hall–Kier alpha value is -3.46. The van der Waals surface area contributed by atoms with Gasteiger partial charge in [-0.05, 0) is 56.5 Å². The number of aromatic nitrogens is 1. The number of hydrogen-bond acceptors (Lipinski definition) is 4. The minimum absolute atomic E-state index is 0.0339. The van der Waals surface area contributed by atoms with Crippen LogP contribution in [-0.2, 0) is 9.59 Å². The van der Waals surface area contributed by atoms with Gasteiger partial charge in [-0.25, -0.2) is 4.39 Å². The van der Waals surface area contributed by atoms with Crippen LogP contribution in [0.2, 0.25) is 0 Å². The molecular formula is C24H27FN4O4. The number of nitrogens with zero attached hydrogens (tertiary/aromatic N) is 1. The van der Waals surface area contributed by atoms with Crippen molar-refractivity contribution in [3.63, 3.8) is 0 Å². The SMILES string of the molecule is Cc1[nH]c(C=C2C(=O)Nc3ccc(F)cc32)c(C)c1C(=O)NCC(O)CC(=O)N1CCCC1. The monoisotopic (exact) mass is 454 g/mol. The van der Waals surface area contributed by atoms with Gasteiger partial charge in [0.05, 0.1) is 23.7 Å². The second-order valence-electron chi connectivity index (χ2n) is 8.52. The molecule has 9 heteroatoms. The Bertz CT molecular complexity index is 1150. The van der Waals surface area contributed by atoms with Gasteiger partial charge in [-0.1, -0.05) is 0 Å². The van der Waals surface area contributed by atoms with E-state index in [1.807, 2.05) is 0 Å². The van der Waals surface area contributed by atoms with Crippen LogP contribution in [0.1, 0.15) is 52.1 Å². The van der Waals surface area contributed by atoms with Gasteiger partial charge < -0.3 is 25.6 Å². The van der Waals surface area contributed by atoms with E-state index < -0.39 is 11.9 Å². The lowest BCUT2D eigenvalue weighted by Gasteiger charge is -2.18. The molecule has 2 aliphatic rings. The first kappa shape index (κ1) is 22.7. The number of likely N-dealkylation sites (tertiary alicyclic amines) is 1. The molecule has 174 valence electrons. The number of hydrogen-bond donors (Lipinski definition) is 4. The molecule has 0 aliphatic carbocycles. The number of halogens is 1. The Morgan fingerprint density at radius 1 is 1.27 bits per heavy atom. The number of aliphatic hydroxyl groups is 1. The van der Waals surface area contributed by atoms with Crippen molar-refractivity contribution >= 4 is 35.1 Å². The second kappa shape index (κ2) is 9.19. The summed E-state index contributed by atoms with van der Waals surface area (Å²) < 4.78 is 13.7. The molecule has 2 aromatic rings. The third-order valence-electron chi connectivity index (χ3n) is 6.12. The van der Waals surface area contributed by atoms with Crippen molar-refractivity contribution in [1.29, 1.82) is 0 Å². The van der Waals surface area contributed by atoms with E-state index in [4.69, 9.17) is 0 Å². The number of H-pyrrole nitrogens is 1. The average molecular weight is 455 g/mol. The maximum Gasteiger partial charge on any atom is 0.256 e. The molecule has 0 radical (unpaired) electrons. The predicted octanol–water partition coefficient (Wildman–Crippen LogP) is 2.37. The van der Waals surface area contributed by atoms with Crippen molar-refractivity contribution in [2.45, 2.75) is 39.2 Å². The molecule has 0 bridgehead atoms. The van der Waals surface area contributed by atoms with Crippen molar-refractivity contribution in [2.75, 3.05) is 25.0 Å². The number of nitrogens with one attached hydrogen (secondary N) is 3. The van der Waals surface area contributed by atoms with Crippen molar-refractivity contribution in [1.82, 2.24) is 15.2 Å². The highest BCUT2D eigenvalue weighted by atomic mass is 19.1. The standard InChI is InChI=1S/C24H27FN4O4/c1-13-20(11-18-17-9-15(25)5-6-19(17)28-23(18)32)27-14(2)22(13)24(33)26-12-16(30)10-21(31)29-7-3-4-8-29/h5-6,9,11,16,27,30H,3-4,7-8,10,12H2,1-2H3,(H,26,33)(H,28,32). The van der Waals surface area contributed by atoms with Gasteiger partial charge in [0, 0.05) is 42.3 Å². The van der Waals surface area contributed by atoms with Crippen LogP contribution in [-0.4, -0.2) is 58.5 Å². The van der Waals surface area contributed by atoms with Gasteiger partial charge in [-0.3, -0.25) is 14.4 Å². The highest BCUT2D eigenvalue weighted by molar-refractivity contribution is 6.34. The molecule has 1 atom stereocenters. The lowest BCUT2D eigenvalue weighted by molar-refractivity contribution is -0.132. The predicted molar refractivity (Wildman–Crippen MR) is 122 cm³/mol. The van der Waals surface area contributed by atoms with Crippen molar-refractivity contribution < 1.29 is 23.9 Å². The van der Waals surface area contributed by atoms with E-state index in [2.05, 4.69) is 15.6 Å². The van der Waals surface area contributed by atoms with Crippen LogP contribution in [0.15, 0.2) is 18.2 Å². The van der Waals surface area contributed by atoms with E-state index >= 15 is 0 Å². The van der Waals surface area contributed by atoms with Crippen LogP contribution in [0.3, 0.4) is 0 Å². The van der Waals surface area contributed by atoms with Gasteiger partial charge in [0.25, 0.3) is 11.8 Å². The lowest BCUT2D eigenvalue weighted by Crippen LogP contribution is -2.37. The molecule has 3 heterocycles. The third-order valence-corrected chi connectivity index (χ3v) is 6.12. The molecule has 1 saturated heterocycles. The van der Waals surface area contributed by atoms with Gasteiger partial charge >= 0.3 is 0 Å². The number of anilines is 1. The number of aromatic amines is 1. The summed E-state index contributed by atoms with van der Waals surface area (Å²) in [5, 5.41) is 15.6. The largest absolute Gasteiger partial charge is 0.391 e. The first-order chi connectivity index (χ1) is 15.7. The Balaban J connectivity index is 1.46. The summed E-state index contributed by atoms with van der Waals surface area (Å²) in [5.41, 5.74) is 3.47. The fourth-order valence-corrected chi connectivity index (χ4v) is 4.38. The lowest BCUT2D eigenvalue weighted by atomic mass is 10.0. The van der Waals surface area contributed by atoms with E-state index in [-0.39, 0.29) is 30.7 Å². The normalized spacial score (nSPS) is 17.3. The number of carbonyl (C=O) groups is 3. The number of rotatable bonds is 6. The Kier molecular flexibility index (Phi) is 6.33. The highest BCUT2D eigenvalue weighted by Gasteiger charge is 2.26. The van der Waals surface area contributed by atoms with Crippen LogP contribution in [0, 0.1) is 19.7 Å². The van der Waals surface area contributed by atoms with Gasteiger partial charge in [0.2, 0.25) is 5.91 Å². The molecule has 8 nitrogen and oxygen atoms in total. The zero-order chi connectivity index (χ0) is 23.7. The number of fused-ring (bicyclic) bond motifs is 1. The quantitative estimate of drug-likeness (QED) is 0.502. The van der Waals surface area contributed by atoms with Crippen molar-refractivity contribution in [2.24, 2.45) is 0 Å². The molecule has 33 heavy (non-hydrogen) atoms. The number of carbonyl (C=O) groups excluding carboxylic acids is 3. The zero-order valence-electron chi connectivity index (χ0n) is 18.6. The third kappa shape index (κ3) is 4.68. The van der Waals surface area contributed by atoms with E-state index in [9.17, 15) is 23.9 Å². The molecule has 1 aromatic heterocycles. The number of amides is 3. The van der Waals surface area contributed by atoms with Crippen LogP contribution in [0.4, 0.5) is 10.1 Å². The molecule has 4 rings (SSSR count). The fourth-order valence-electron chi connectivity index (χ4n) is 4.38. The summed E-state index contributed by atoms with van der Waals surface area (Å²) in [6.07, 6.45) is 2.55. The van der Waals surface area contributed by atoms with Crippen LogP contribution >= 0.6 is 0 Å². The Morgan fingerprint density at radius 3 is 2.73 bits per heavy atom. The fraction of sp³-hybridized carbons (Fsp3) is 0.375. The first-order valence-electron chi connectivity index (χ1n) is 11.0. The Labute approximate surface area is 190 Å². The molecule has 4 N–H and O–H groups in total. The summed E-state index contributed by atoms with van der Waals surface area (Å²) in [6, 6.07) is 4.08. The van der Waals surface area contributed by atoms with E-state index in [1.54, 1.807) is 24.8 Å². The Morgan fingerprint density at radius 2 is 2.00 bits per heavy atom. The summed E-state index contributed by atoms with van der Waals surface area (Å²) in [7, 11) is 0. The number of aryl methyl sites for hydroxylation is 1. The minimum Gasteiger partial charge on any atom is -0.391 e. The maximum atomic E-state index is 13.7. The van der Waals surface area contributed by atoms with Crippen LogP contribution in [0.25, 0.3) is 11.6 Å². The molecule has 0 saturated carbocycles.